The Morgan fingerprint density at radius 1 is 0.795 bits per heavy atom. The van der Waals surface area contributed by atoms with Gasteiger partial charge in [0, 0.05) is 31.4 Å². The number of unbranched alkanes of at least 4 members (excludes halogenated alkanes) is 12. The summed E-state index contributed by atoms with van der Waals surface area (Å²) in [6.45, 7) is 1.46. The number of phosphoric acid groups is 2. The van der Waals surface area contributed by atoms with Gasteiger partial charge in [-0.2, -0.15) is 9.29 Å². The van der Waals surface area contributed by atoms with Crippen LogP contribution in [0.25, 0.3) is 0 Å². The molecule has 3 rings (SSSR count). The lowest BCUT2D eigenvalue weighted by atomic mass is 9.83. The molecular weight excluding hydrogens is 1050 g/mol. The van der Waals surface area contributed by atoms with Crippen LogP contribution < -0.4 is 11.4 Å². The standard InChI is InChI=1S/C55H91N3O18P2/c1-3-5-7-8-9-10-11-12-13-14-15-16-17-18-19-20-21-22-23-29-33-51(63)74-43-39-71-50(62)32-28-25-24-27-31-45-47(61)38-46(60)44(35-34-42(59)30-26-6-4-2)52(64)53(65)48(41-73-78(69,70)76-77(67,68)72-40-43)75-54(45)58-37-36-49(56)57-55(58)66/h10-11,13-14,16-17,34-37,42-46,48,52-54,59-60,64-65H,3-9,12,15,18-33,38-41H2,1-2H3,(H,67,68)(H,69,70)(H2,56,57,66)/b11-10-,14-13-,17-16-,35-34+/t42-,43+,44-,45-,46+,48+,52-,53+,54+/m0/s1. The molecule has 0 aromatic carbocycles. The number of aromatic nitrogens is 2. The average molecular weight is 1140 g/mol. The molecule has 0 aliphatic carbocycles. The average Bonchev–Trinajstić information content (AvgIpc) is 3.39. The van der Waals surface area contributed by atoms with E-state index in [1.165, 1.54) is 50.1 Å². The van der Waals surface area contributed by atoms with Gasteiger partial charge in [-0.15, -0.1) is 0 Å². The molecule has 0 spiro atoms. The lowest BCUT2D eigenvalue weighted by Gasteiger charge is -2.38. The van der Waals surface area contributed by atoms with Crippen molar-refractivity contribution in [2.45, 2.75) is 224 Å². The number of phosphoric ester groups is 2. The van der Waals surface area contributed by atoms with Crippen LogP contribution in [0.5, 0.6) is 0 Å². The number of allylic oxidation sites excluding steroid dienone is 6. The maximum atomic E-state index is 14.3. The van der Waals surface area contributed by atoms with E-state index in [1.54, 1.807) is 0 Å². The first-order chi connectivity index (χ1) is 37.4. The number of rotatable bonds is 26. The van der Waals surface area contributed by atoms with Crippen LogP contribution >= 0.6 is 15.6 Å². The number of carbonyl (C=O) groups is 3. The minimum atomic E-state index is -5.72. The van der Waals surface area contributed by atoms with Crippen molar-refractivity contribution in [3.05, 3.63) is 71.4 Å². The summed E-state index contributed by atoms with van der Waals surface area (Å²) < 4.78 is 59.2. The van der Waals surface area contributed by atoms with Gasteiger partial charge in [0.2, 0.25) is 0 Å². The lowest BCUT2D eigenvalue weighted by Crippen LogP contribution is -2.51. The number of nitrogen functional groups attached to an aromatic ring is 1. The summed E-state index contributed by atoms with van der Waals surface area (Å²) in [5.74, 6) is -4.96. The van der Waals surface area contributed by atoms with Crippen LogP contribution in [0.2, 0.25) is 0 Å². The molecule has 2 saturated heterocycles. The smallest absolute Gasteiger partial charge is 0.462 e. The zero-order valence-corrected chi connectivity index (χ0v) is 47.7. The van der Waals surface area contributed by atoms with Crippen LogP contribution in [0.15, 0.2) is 65.7 Å². The number of hydrogen-bond donors (Lipinski definition) is 7. The largest absolute Gasteiger partial charge is 0.481 e. The molecule has 1 aromatic heterocycles. The van der Waals surface area contributed by atoms with E-state index in [2.05, 4.69) is 52.7 Å². The van der Waals surface area contributed by atoms with Crippen molar-refractivity contribution < 1.29 is 81.3 Å². The summed E-state index contributed by atoms with van der Waals surface area (Å²) >= 11 is 0. The Hall–Kier alpha value is -3.69. The van der Waals surface area contributed by atoms with E-state index < -0.39 is 120 Å². The van der Waals surface area contributed by atoms with Gasteiger partial charge in [-0.3, -0.25) is 28.0 Å². The fourth-order valence-electron chi connectivity index (χ4n) is 9.04. The number of cyclic esters (lactones) is 1. The van der Waals surface area contributed by atoms with Gasteiger partial charge in [0.15, 0.2) is 6.10 Å². The summed E-state index contributed by atoms with van der Waals surface area (Å²) in [6.07, 6.45) is 22.8. The molecule has 2 unspecified atom stereocenters. The number of carbonyl (C=O) groups excluding carboxylic acids is 3. The van der Waals surface area contributed by atoms with Crippen molar-refractivity contribution >= 4 is 39.2 Å². The number of Topliss-reactive ketones (excluding diaryl/α,β-unsaturated/α-hetero) is 1. The molecule has 0 saturated carbocycles. The summed E-state index contributed by atoms with van der Waals surface area (Å²) in [4.78, 5) is 78.7. The van der Waals surface area contributed by atoms with E-state index in [0.717, 1.165) is 75.2 Å². The van der Waals surface area contributed by atoms with Crippen molar-refractivity contribution in [1.29, 1.82) is 0 Å². The number of aliphatic hydroxyl groups excluding tert-OH is 4. The molecule has 0 amide bonds. The highest BCUT2D eigenvalue weighted by Crippen LogP contribution is 2.60. The van der Waals surface area contributed by atoms with Crippen molar-refractivity contribution in [1.82, 2.24) is 9.55 Å². The van der Waals surface area contributed by atoms with Crippen molar-refractivity contribution in [2.75, 3.05) is 25.6 Å². The first-order valence-corrected chi connectivity index (χ1v) is 31.2. The van der Waals surface area contributed by atoms with Crippen LogP contribution in [-0.4, -0.2) is 114 Å². The topological polar surface area (TPSA) is 323 Å². The number of fused-ring (bicyclic) bond motifs is 3. The highest BCUT2D eigenvalue weighted by atomic mass is 31.3. The Morgan fingerprint density at radius 2 is 1.40 bits per heavy atom. The third kappa shape index (κ3) is 28.6. The second-order valence-corrected chi connectivity index (χ2v) is 23.3. The van der Waals surface area contributed by atoms with Crippen LogP contribution in [0.4, 0.5) is 5.82 Å². The molecular formula is C55H91N3O18P2. The van der Waals surface area contributed by atoms with Gasteiger partial charge < -0.3 is 50.2 Å². The van der Waals surface area contributed by atoms with E-state index in [9.17, 15) is 58.5 Å². The monoisotopic (exact) mass is 1140 g/mol. The Morgan fingerprint density at radius 3 is 2.06 bits per heavy atom. The number of nitrogens with zero attached hydrogens (tertiary/aromatic N) is 2. The van der Waals surface area contributed by atoms with E-state index in [4.69, 9.17) is 29.0 Å². The van der Waals surface area contributed by atoms with E-state index in [0.29, 0.717) is 44.9 Å². The molecule has 23 heteroatoms. The summed E-state index contributed by atoms with van der Waals surface area (Å²) in [6, 6.07) is 1.23. The number of esters is 2. The molecule has 11 atom stereocenters. The fourth-order valence-corrected chi connectivity index (χ4v) is 11.1. The molecule has 2 fully saturated rings. The fraction of sp³-hybridized carbons (Fsp3) is 0.727. The SMILES string of the molecule is CCCCCC/C=C\C/C=C\C/C=C\CCCCCCCCC(=O)O[C@@H]1COC(=O)CCCCCC[C@H]2C(=O)C[C@@H](O)[C@H](/C=C/[C@@H](O)CCCCC)[C@H](O)[C@H](O)[C@@H](COP(=O)(O)OP(=O)(O)OC1)O[C@H]2n1ccc(N)nc1=O. The first kappa shape index (κ1) is 68.6. The predicted octanol–water partition coefficient (Wildman–Crippen LogP) is 9.09. The first-order valence-electron chi connectivity index (χ1n) is 28.3. The molecule has 444 valence electrons. The third-order valence-electron chi connectivity index (χ3n) is 13.5. The second kappa shape index (κ2) is 38.9. The third-order valence-corrected chi connectivity index (χ3v) is 16.1. The molecule has 2 aliphatic rings. The maximum Gasteiger partial charge on any atom is 0.481 e. The quantitative estimate of drug-likeness (QED) is 0.0197. The van der Waals surface area contributed by atoms with Crippen molar-refractivity contribution in [3.8, 4) is 0 Å². The number of aliphatic hydroxyl groups is 4. The number of ketones is 1. The van der Waals surface area contributed by atoms with Gasteiger partial charge in [-0.1, -0.05) is 146 Å². The van der Waals surface area contributed by atoms with Crippen LogP contribution in [-0.2, 0) is 51.1 Å². The van der Waals surface area contributed by atoms with Gasteiger partial charge in [0.1, 0.15) is 36.6 Å². The second-order valence-electron chi connectivity index (χ2n) is 20.2. The van der Waals surface area contributed by atoms with E-state index in [-0.39, 0.29) is 25.1 Å². The van der Waals surface area contributed by atoms with Crippen molar-refractivity contribution in [2.24, 2.45) is 11.8 Å². The van der Waals surface area contributed by atoms with Gasteiger partial charge in [-0.05, 0) is 70.3 Å². The summed E-state index contributed by atoms with van der Waals surface area (Å²) in [5.41, 5.74) is 4.76. The Bertz CT molecular complexity index is 2170. The van der Waals surface area contributed by atoms with Gasteiger partial charge in [-0.25, -0.2) is 13.9 Å². The molecule has 3 heterocycles. The van der Waals surface area contributed by atoms with Gasteiger partial charge >= 0.3 is 33.3 Å². The van der Waals surface area contributed by atoms with Crippen LogP contribution in [0, 0.1) is 11.8 Å². The molecule has 78 heavy (non-hydrogen) atoms. The van der Waals surface area contributed by atoms with Gasteiger partial charge in [0.05, 0.1) is 37.4 Å². The summed E-state index contributed by atoms with van der Waals surface area (Å²) in [5, 5.41) is 45.6. The minimum Gasteiger partial charge on any atom is -0.462 e. The van der Waals surface area contributed by atoms with Crippen molar-refractivity contribution in [3.63, 3.8) is 0 Å². The molecule has 2 bridgehead atoms. The Labute approximate surface area is 460 Å². The molecule has 2 aliphatic heterocycles. The van der Waals surface area contributed by atoms with Gasteiger partial charge in [0.25, 0.3) is 0 Å². The Kier molecular flexibility index (Phi) is 34.2. The number of hydrogen-bond acceptors (Lipinski definition) is 18. The zero-order chi connectivity index (χ0) is 57.2. The maximum absolute atomic E-state index is 14.3. The number of ether oxygens (including phenoxy) is 3. The molecule has 1 aromatic rings. The zero-order valence-electron chi connectivity index (χ0n) is 45.9. The van der Waals surface area contributed by atoms with E-state index >= 15 is 0 Å². The predicted molar refractivity (Wildman–Crippen MR) is 294 cm³/mol. The lowest BCUT2D eigenvalue weighted by molar-refractivity contribution is -0.184. The normalized spacial score (nSPS) is 28.5. The van der Waals surface area contributed by atoms with E-state index in [1.807, 2.05) is 6.92 Å². The molecule has 0 radical (unpaired) electrons. The van der Waals surface area contributed by atoms with Crippen LogP contribution in [0.1, 0.15) is 187 Å². The highest BCUT2D eigenvalue weighted by Gasteiger charge is 2.45. The molecule has 8 N–H and O–H groups in total. The number of anilines is 1. The highest BCUT2D eigenvalue weighted by molar-refractivity contribution is 7.61. The number of nitrogens with two attached hydrogens (primary N) is 1. The minimum absolute atomic E-state index is 0.00555. The summed E-state index contributed by atoms with van der Waals surface area (Å²) in [7, 11) is -11.3. The Balaban J connectivity index is 1.70. The van der Waals surface area contributed by atoms with Crippen LogP contribution in [0.3, 0.4) is 0 Å². The molecule has 21 nitrogen and oxygen atoms in total.